The van der Waals surface area contributed by atoms with Crippen LogP contribution in [0.1, 0.15) is 21.5 Å². The van der Waals surface area contributed by atoms with Gasteiger partial charge in [0.1, 0.15) is 0 Å². The standard InChI is InChI=1S/C15H12BrCl2NO/c16-12-4-5-14(18)13(7-12)15(20)19-9-11-3-1-2-10(6-11)8-17/h1-7H,8-9H2,(H,19,20). The van der Waals surface area contributed by atoms with Gasteiger partial charge in [0.05, 0.1) is 10.6 Å². The molecule has 0 saturated carbocycles. The van der Waals surface area contributed by atoms with Gasteiger partial charge in [0.15, 0.2) is 0 Å². The van der Waals surface area contributed by atoms with E-state index in [2.05, 4.69) is 21.2 Å². The van der Waals surface area contributed by atoms with Crippen molar-refractivity contribution in [3.63, 3.8) is 0 Å². The number of hydrogen-bond donors (Lipinski definition) is 1. The molecule has 0 aliphatic rings. The molecule has 0 bridgehead atoms. The molecule has 2 nitrogen and oxygen atoms in total. The molecule has 0 unspecified atom stereocenters. The minimum atomic E-state index is -0.201. The lowest BCUT2D eigenvalue weighted by atomic mass is 10.1. The molecule has 0 aliphatic carbocycles. The first-order chi connectivity index (χ1) is 9.60. The van der Waals surface area contributed by atoms with Crippen LogP contribution in [0.3, 0.4) is 0 Å². The van der Waals surface area contributed by atoms with Crippen molar-refractivity contribution < 1.29 is 4.79 Å². The maximum absolute atomic E-state index is 12.1. The Morgan fingerprint density at radius 3 is 2.65 bits per heavy atom. The summed E-state index contributed by atoms with van der Waals surface area (Å²) in [5.41, 5.74) is 2.48. The molecule has 0 spiro atoms. The highest BCUT2D eigenvalue weighted by Crippen LogP contribution is 2.21. The topological polar surface area (TPSA) is 29.1 Å². The predicted octanol–water partition coefficient (Wildman–Crippen LogP) is 4.77. The van der Waals surface area contributed by atoms with E-state index in [4.69, 9.17) is 23.2 Å². The van der Waals surface area contributed by atoms with E-state index in [0.29, 0.717) is 23.0 Å². The molecule has 5 heteroatoms. The summed E-state index contributed by atoms with van der Waals surface area (Å²) < 4.78 is 0.816. The summed E-state index contributed by atoms with van der Waals surface area (Å²) in [5, 5.41) is 3.28. The monoisotopic (exact) mass is 371 g/mol. The molecule has 1 amide bonds. The number of benzene rings is 2. The number of halogens is 3. The molecule has 0 aromatic heterocycles. The first kappa shape index (κ1) is 15.4. The zero-order valence-corrected chi connectivity index (χ0v) is 13.6. The van der Waals surface area contributed by atoms with Crippen LogP contribution in [0.15, 0.2) is 46.9 Å². The molecule has 104 valence electrons. The van der Waals surface area contributed by atoms with Gasteiger partial charge in [0, 0.05) is 16.9 Å². The van der Waals surface area contributed by atoms with Gasteiger partial charge in [0.2, 0.25) is 0 Å². The zero-order chi connectivity index (χ0) is 14.5. The normalized spacial score (nSPS) is 10.3. The highest BCUT2D eigenvalue weighted by Gasteiger charge is 2.10. The molecule has 0 aliphatic heterocycles. The van der Waals surface area contributed by atoms with Crippen LogP contribution in [0.2, 0.25) is 5.02 Å². The third kappa shape index (κ3) is 3.98. The highest BCUT2D eigenvalue weighted by molar-refractivity contribution is 9.10. The maximum atomic E-state index is 12.1. The Balaban J connectivity index is 2.06. The lowest BCUT2D eigenvalue weighted by Crippen LogP contribution is -2.23. The van der Waals surface area contributed by atoms with Crippen LogP contribution in [-0.2, 0) is 12.4 Å². The minimum absolute atomic E-state index is 0.201. The lowest BCUT2D eigenvalue weighted by molar-refractivity contribution is 0.0951. The smallest absolute Gasteiger partial charge is 0.253 e. The average molecular weight is 373 g/mol. The van der Waals surface area contributed by atoms with Gasteiger partial charge in [-0.2, -0.15) is 0 Å². The second-order valence-corrected chi connectivity index (χ2v) is 5.85. The lowest BCUT2D eigenvalue weighted by Gasteiger charge is -2.08. The Bertz CT molecular complexity index is 631. The Hall–Kier alpha value is -1.03. The van der Waals surface area contributed by atoms with Crippen molar-refractivity contribution >= 4 is 45.0 Å². The van der Waals surface area contributed by atoms with Gasteiger partial charge in [-0.25, -0.2) is 0 Å². The fourth-order valence-electron chi connectivity index (χ4n) is 1.77. The second-order valence-electron chi connectivity index (χ2n) is 4.26. The number of rotatable bonds is 4. The van der Waals surface area contributed by atoms with Crippen molar-refractivity contribution in [1.82, 2.24) is 5.32 Å². The molecule has 0 atom stereocenters. The van der Waals surface area contributed by atoms with Crippen molar-refractivity contribution in [2.45, 2.75) is 12.4 Å². The fraction of sp³-hybridized carbons (Fsp3) is 0.133. The van der Waals surface area contributed by atoms with Crippen LogP contribution in [0.5, 0.6) is 0 Å². The van der Waals surface area contributed by atoms with Crippen LogP contribution in [-0.4, -0.2) is 5.91 Å². The summed E-state index contributed by atoms with van der Waals surface area (Å²) in [6.07, 6.45) is 0. The van der Waals surface area contributed by atoms with Gasteiger partial charge in [-0.3, -0.25) is 4.79 Å². The number of alkyl halides is 1. The van der Waals surface area contributed by atoms with Crippen LogP contribution in [0.4, 0.5) is 0 Å². The molecular weight excluding hydrogens is 361 g/mol. The first-order valence-corrected chi connectivity index (χ1v) is 7.67. The molecule has 0 saturated heterocycles. The third-order valence-electron chi connectivity index (χ3n) is 2.77. The summed E-state index contributed by atoms with van der Waals surface area (Å²) in [6.45, 7) is 0.437. The van der Waals surface area contributed by atoms with Crippen LogP contribution < -0.4 is 5.32 Å². The first-order valence-electron chi connectivity index (χ1n) is 5.97. The summed E-state index contributed by atoms with van der Waals surface area (Å²) in [6, 6.07) is 13.0. The highest BCUT2D eigenvalue weighted by atomic mass is 79.9. The summed E-state index contributed by atoms with van der Waals surface area (Å²) in [7, 11) is 0. The van der Waals surface area contributed by atoms with E-state index in [-0.39, 0.29) is 5.91 Å². The van der Waals surface area contributed by atoms with Gasteiger partial charge in [0.25, 0.3) is 5.91 Å². The van der Waals surface area contributed by atoms with Crippen molar-refractivity contribution in [2.24, 2.45) is 0 Å². The van der Waals surface area contributed by atoms with Crippen molar-refractivity contribution in [2.75, 3.05) is 0 Å². The molecule has 2 rings (SSSR count). The third-order valence-corrected chi connectivity index (χ3v) is 3.90. The minimum Gasteiger partial charge on any atom is -0.348 e. The van der Waals surface area contributed by atoms with Crippen molar-refractivity contribution in [3.05, 3.63) is 68.7 Å². The van der Waals surface area contributed by atoms with Gasteiger partial charge in [-0.1, -0.05) is 51.8 Å². The molecule has 1 N–H and O–H groups in total. The predicted molar refractivity (Wildman–Crippen MR) is 86.3 cm³/mol. The largest absolute Gasteiger partial charge is 0.348 e. The van der Waals surface area contributed by atoms with Gasteiger partial charge >= 0.3 is 0 Å². The van der Waals surface area contributed by atoms with Gasteiger partial charge < -0.3 is 5.32 Å². The van der Waals surface area contributed by atoms with E-state index in [1.807, 2.05) is 24.3 Å². The molecule has 2 aromatic rings. The molecular formula is C15H12BrCl2NO. The van der Waals surface area contributed by atoms with Crippen LogP contribution >= 0.6 is 39.1 Å². The quantitative estimate of drug-likeness (QED) is 0.769. The van der Waals surface area contributed by atoms with Crippen LogP contribution in [0, 0.1) is 0 Å². The summed E-state index contributed by atoms with van der Waals surface area (Å²) in [5.74, 6) is 0.256. The Morgan fingerprint density at radius 2 is 1.90 bits per heavy atom. The molecule has 2 aromatic carbocycles. The molecule has 0 fully saturated rings. The maximum Gasteiger partial charge on any atom is 0.253 e. The van der Waals surface area contributed by atoms with E-state index < -0.39 is 0 Å². The summed E-state index contributed by atoms with van der Waals surface area (Å²) in [4.78, 5) is 12.1. The zero-order valence-electron chi connectivity index (χ0n) is 10.5. The van der Waals surface area contributed by atoms with Gasteiger partial charge in [-0.15, -0.1) is 11.6 Å². The van der Waals surface area contributed by atoms with Crippen molar-refractivity contribution in [1.29, 1.82) is 0 Å². The molecule has 0 heterocycles. The number of carbonyl (C=O) groups excluding carboxylic acids is 1. The van der Waals surface area contributed by atoms with E-state index in [9.17, 15) is 4.79 Å². The van der Waals surface area contributed by atoms with E-state index in [1.54, 1.807) is 18.2 Å². The molecule has 0 radical (unpaired) electrons. The SMILES string of the molecule is O=C(NCc1cccc(CCl)c1)c1cc(Br)ccc1Cl. The number of carbonyl (C=O) groups is 1. The second kappa shape index (κ2) is 7.11. The number of nitrogens with one attached hydrogen (secondary N) is 1. The Labute approximate surface area is 136 Å². The van der Waals surface area contributed by atoms with Crippen molar-refractivity contribution in [3.8, 4) is 0 Å². The Morgan fingerprint density at radius 1 is 1.15 bits per heavy atom. The van der Waals surface area contributed by atoms with Gasteiger partial charge in [-0.05, 0) is 29.3 Å². The summed E-state index contributed by atoms with van der Waals surface area (Å²) >= 11 is 15.1. The average Bonchev–Trinajstić information content (AvgIpc) is 2.47. The van der Waals surface area contributed by atoms with E-state index >= 15 is 0 Å². The fourth-order valence-corrected chi connectivity index (χ4v) is 2.50. The number of hydrogen-bond acceptors (Lipinski definition) is 1. The number of amides is 1. The Kier molecular flexibility index (Phi) is 5.46. The van der Waals surface area contributed by atoms with E-state index in [0.717, 1.165) is 15.6 Å². The molecule has 20 heavy (non-hydrogen) atoms. The van der Waals surface area contributed by atoms with E-state index in [1.165, 1.54) is 0 Å². The van der Waals surface area contributed by atoms with Crippen LogP contribution in [0.25, 0.3) is 0 Å².